The van der Waals surface area contributed by atoms with Crippen LogP contribution in [0.15, 0.2) is 42.5 Å². The molecule has 3 amide bonds. The molecule has 20 heavy (non-hydrogen) atoms. The quantitative estimate of drug-likeness (QED) is 0.898. The zero-order chi connectivity index (χ0) is 14.5. The highest BCUT2D eigenvalue weighted by Gasteiger charge is 2.17. The Morgan fingerprint density at radius 3 is 2.55 bits per heavy atom. The van der Waals surface area contributed by atoms with E-state index in [1.807, 2.05) is 36.4 Å². The molecule has 104 valence electrons. The molecule has 0 aliphatic rings. The smallest absolute Gasteiger partial charge is 0.328 e. The van der Waals surface area contributed by atoms with Gasteiger partial charge in [0.05, 0.1) is 5.69 Å². The Labute approximate surface area is 117 Å². The molecular weight excluding hydrogens is 254 g/mol. The van der Waals surface area contributed by atoms with E-state index in [1.165, 1.54) is 6.92 Å². The lowest BCUT2D eigenvalue weighted by Gasteiger charge is -2.19. The number of amides is 3. The zero-order valence-corrected chi connectivity index (χ0v) is 11.3. The molecular formula is C15H17N3O2. The third-order valence-corrected chi connectivity index (χ3v) is 3.01. The van der Waals surface area contributed by atoms with E-state index in [-0.39, 0.29) is 19.0 Å². The van der Waals surface area contributed by atoms with Crippen LogP contribution in [0.4, 0.5) is 10.5 Å². The highest BCUT2D eigenvalue weighted by Crippen LogP contribution is 2.23. The molecule has 0 spiro atoms. The Bertz CT molecular complexity index is 635. The first kappa shape index (κ1) is 14.0. The van der Waals surface area contributed by atoms with Crippen LogP contribution in [0, 0.1) is 0 Å². The highest BCUT2D eigenvalue weighted by molar-refractivity contribution is 6.05. The van der Waals surface area contributed by atoms with Gasteiger partial charge < -0.3 is 11.1 Å². The molecule has 3 N–H and O–H groups in total. The van der Waals surface area contributed by atoms with Gasteiger partial charge in [0.15, 0.2) is 0 Å². The maximum absolute atomic E-state index is 12.1. The van der Waals surface area contributed by atoms with E-state index >= 15 is 0 Å². The molecule has 0 fully saturated rings. The number of nitrogens with one attached hydrogen (secondary N) is 1. The van der Waals surface area contributed by atoms with Gasteiger partial charge in [-0.25, -0.2) is 4.79 Å². The Hall–Kier alpha value is -2.40. The number of nitrogens with two attached hydrogens (primary N) is 1. The third-order valence-electron chi connectivity index (χ3n) is 3.01. The second kappa shape index (κ2) is 6.16. The number of carbonyl (C=O) groups is 2. The second-order valence-corrected chi connectivity index (χ2v) is 4.42. The van der Waals surface area contributed by atoms with Crippen LogP contribution in [0.3, 0.4) is 0 Å². The van der Waals surface area contributed by atoms with Crippen molar-refractivity contribution >= 4 is 28.4 Å². The van der Waals surface area contributed by atoms with Crippen molar-refractivity contribution in [3.8, 4) is 0 Å². The lowest BCUT2D eigenvalue weighted by Crippen LogP contribution is -2.41. The molecule has 2 aromatic rings. The van der Waals surface area contributed by atoms with Gasteiger partial charge in [-0.3, -0.25) is 9.69 Å². The number of hydrogen-bond acceptors (Lipinski definition) is 3. The fraction of sp³-hybridized carbons (Fsp3) is 0.200. The van der Waals surface area contributed by atoms with Crippen LogP contribution < -0.4 is 11.1 Å². The summed E-state index contributed by atoms with van der Waals surface area (Å²) in [5, 5.41) is 4.72. The Balaban J connectivity index is 2.27. The average molecular weight is 271 g/mol. The predicted molar refractivity (Wildman–Crippen MR) is 79.4 cm³/mol. The van der Waals surface area contributed by atoms with E-state index in [0.717, 1.165) is 15.7 Å². The van der Waals surface area contributed by atoms with Gasteiger partial charge in [0.25, 0.3) is 0 Å². The first-order valence-corrected chi connectivity index (χ1v) is 6.40. The van der Waals surface area contributed by atoms with E-state index < -0.39 is 6.03 Å². The number of benzene rings is 2. The Morgan fingerprint density at radius 1 is 1.15 bits per heavy atom. The van der Waals surface area contributed by atoms with Crippen LogP contribution in [-0.2, 0) is 4.79 Å². The maximum atomic E-state index is 12.1. The number of rotatable bonds is 3. The summed E-state index contributed by atoms with van der Waals surface area (Å²) >= 11 is 0. The van der Waals surface area contributed by atoms with Gasteiger partial charge in [-0.2, -0.15) is 0 Å². The molecule has 0 saturated carbocycles. The molecule has 0 aromatic heterocycles. The second-order valence-electron chi connectivity index (χ2n) is 4.42. The minimum absolute atomic E-state index is 0.200. The van der Waals surface area contributed by atoms with E-state index in [0.29, 0.717) is 5.69 Å². The summed E-state index contributed by atoms with van der Waals surface area (Å²) in [4.78, 5) is 24.7. The van der Waals surface area contributed by atoms with Crippen molar-refractivity contribution in [3.63, 3.8) is 0 Å². The summed E-state index contributed by atoms with van der Waals surface area (Å²) < 4.78 is 0. The van der Waals surface area contributed by atoms with Crippen LogP contribution in [-0.4, -0.2) is 29.9 Å². The van der Waals surface area contributed by atoms with Crippen molar-refractivity contribution in [3.05, 3.63) is 42.5 Å². The minimum Gasteiger partial charge on any atom is -0.329 e. The maximum Gasteiger partial charge on any atom is 0.328 e. The van der Waals surface area contributed by atoms with Crippen molar-refractivity contribution in [2.24, 2.45) is 5.73 Å². The fourth-order valence-electron chi connectivity index (χ4n) is 2.05. The highest BCUT2D eigenvalue weighted by atomic mass is 16.2. The molecule has 0 bridgehead atoms. The standard InChI is InChI=1S/C15H17N3O2/c1-11(19)18(10-9-16)15(20)17-14-8-4-6-12-5-2-3-7-13(12)14/h2-8H,9-10,16H2,1H3,(H,17,20). The topological polar surface area (TPSA) is 75.4 Å². The number of hydrogen-bond donors (Lipinski definition) is 2. The first-order valence-electron chi connectivity index (χ1n) is 6.40. The lowest BCUT2D eigenvalue weighted by atomic mass is 10.1. The summed E-state index contributed by atoms with van der Waals surface area (Å²) in [6.45, 7) is 1.78. The normalized spacial score (nSPS) is 10.3. The first-order chi connectivity index (χ1) is 9.63. The summed E-state index contributed by atoms with van der Waals surface area (Å²) in [6, 6.07) is 12.9. The molecule has 0 radical (unpaired) electrons. The van der Waals surface area contributed by atoms with E-state index in [9.17, 15) is 9.59 Å². The fourth-order valence-corrected chi connectivity index (χ4v) is 2.05. The van der Waals surface area contributed by atoms with Crippen molar-refractivity contribution in [1.29, 1.82) is 0 Å². The van der Waals surface area contributed by atoms with Gasteiger partial charge in [-0.15, -0.1) is 0 Å². The lowest BCUT2D eigenvalue weighted by molar-refractivity contribution is -0.125. The molecule has 5 heteroatoms. The molecule has 5 nitrogen and oxygen atoms in total. The van der Waals surface area contributed by atoms with E-state index in [4.69, 9.17) is 5.73 Å². The van der Waals surface area contributed by atoms with Crippen molar-refractivity contribution in [2.45, 2.75) is 6.92 Å². The van der Waals surface area contributed by atoms with Crippen molar-refractivity contribution in [1.82, 2.24) is 4.90 Å². The van der Waals surface area contributed by atoms with Gasteiger partial charge in [-0.1, -0.05) is 36.4 Å². The molecule has 2 aromatic carbocycles. The van der Waals surface area contributed by atoms with Crippen LogP contribution in [0.1, 0.15) is 6.92 Å². The van der Waals surface area contributed by atoms with Gasteiger partial charge in [-0.05, 0) is 11.5 Å². The predicted octanol–water partition coefficient (Wildman–Crippen LogP) is 2.18. The number of carbonyl (C=O) groups excluding carboxylic acids is 2. The molecule has 0 atom stereocenters. The average Bonchev–Trinajstić information content (AvgIpc) is 2.44. The van der Waals surface area contributed by atoms with Gasteiger partial charge in [0, 0.05) is 25.4 Å². The number of anilines is 1. The van der Waals surface area contributed by atoms with Crippen molar-refractivity contribution in [2.75, 3.05) is 18.4 Å². The zero-order valence-electron chi connectivity index (χ0n) is 11.3. The van der Waals surface area contributed by atoms with Gasteiger partial charge in [0.1, 0.15) is 0 Å². The Kier molecular flexibility index (Phi) is 4.32. The van der Waals surface area contributed by atoms with E-state index in [1.54, 1.807) is 6.07 Å². The molecule has 0 heterocycles. The van der Waals surface area contributed by atoms with Crippen LogP contribution in [0.25, 0.3) is 10.8 Å². The summed E-state index contributed by atoms with van der Waals surface area (Å²) in [5.74, 6) is -0.326. The SMILES string of the molecule is CC(=O)N(CCN)C(=O)Nc1cccc2ccccc12. The Morgan fingerprint density at radius 2 is 1.85 bits per heavy atom. The van der Waals surface area contributed by atoms with Crippen LogP contribution in [0.5, 0.6) is 0 Å². The molecule has 0 aliphatic carbocycles. The minimum atomic E-state index is -0.459. The molecule has 0 aliphatic heterocycles. The number of imide groups is 1. The van der Waals surface area contributed by atoms with Crippen LogP contribution in [0.2, 0.25) is 0 Å². The van der Waals surface area contributed by atoms with Crippen molar-refractivity contribution < 1.29 is 9.59 Å². The van der Waals surface area contributed by atoms with Gasteiger partial charge >= 0.3 is 6.03 Å². The third kappa shape index (κ3) is 2.95. The number of fused-ring (bicyclic) bond motifs is 1. The number of nitrogens with zero attached hydrogens (tertiary/aromatic N) is 1. The van der Waals surface area contributed by atoms with Gasteiger partial charge in [0.2, 0.25) is 5.91 Å². The molecule has 2 rings (SSSR count). The summed E-state index contributed by atoms with van der Waals surface area (Å²) in [5.41, 5.74) is 6.09. The molecule has 0 unspecified atom stereocenters. The number of urea groups is 1. The summed E-state index contributed by atoms with van der Waals surface area (Å²) in [7, 11) is 0. The monoisotopic (exact) mass is 271 g/mol. The largest absolute Gasteiger partial charge is 0.329 e. The van der Waals surface area contributed by atoms with E-state index in [2.05, 4.69) is 5.32 Å². The molecule has 0 saturated heterocycles. The van der Waals surface area contributed by atoms with Crippen LogP contribution >= 0.6 is 0 Å². The summed E-state index contributed by atoms with van der Waals surface area (Å²) in [6.07, 6.45) is 0.